The summed E-state index contributed by atoms with van der Waals surface area (Å²) in [5.41, 5.74) is 1.06. The van der Waals surface area contributed by atoms with E-state index in [0.717, 1.165) is 0 Å². The van der Waals surface area contributed by atoms with E-state index in [1.165, 1.54) is 6.20 Å². The van der Waals surface area contributed by atoms with Crippen molar-refractivity contribution in [1.82, 2.24) is 9.97 Å². The second kappa shape index (κ2) is 4.93. The summed E-state index contributed by atoms with van der Waals surface area (Å²) in [6, 6.07) is 7.10. The molecule has 2 rings (SSSR count). The molecule has 0 aliphatic carbocycles. The summed E-state index contributed by atoms with van der Waals surface area (Å²) in [4.78, 5) is 18.5. The third-order valence-corrected chi connectivity index (χ3v) is 1.93. The molecular formula is C11H10N4O2. The minimum atomic E-state index is -1.12. The fraction of sp³-hybridized carbons (Fsp3) is 0. The van der Waals surface area contributed by atoms with Gasteiger partial charge in [-0.25, -0.2) is 9.78 Å². The third-order valence-electron chi connectivity index (χ3n) is 1.93. The highest BCUT2D eigenvalue weighted by Crippen LogP contribution is 2.16. The van der Waals surface area contributed by atoms with E-state index < -0.39 is 6.09 Å². The summed E-state index contributed by atoms with van der Waals surface area (Å²) in [5.74, 6) is 0.668. The fourth-order valence-corrected chi connectivity index (χ4v) is 1.28. The van der Waals surface area contributed by atoms with Gasteiger partial charge in [0.25, 0.3) is 0 Å². The summed E-state index contributed by atoms with van der Waals surface area (Å²) >= 11 is 0. The van der Waals surface area contributed by atoms with Crippen LogP contribution in [0.1, 0.15) is 0 Å². The van der Waals surface area contributed by atoms with E-state index in [1.54, 1.807) is 24.5 Å². The first kappa shape index (κ1) is 10.9. The molecule has 6 nitrogen and oxygen atoms in total. The minimum Gasteiger partial charge on any atom is -0.465 e. The van der Waals surface area contributed by atoms with Gasteiger partial charge in [-0.1, -0.05) is 6.07 Å². The molecule has 17 heavy (non-hydrogen) atoms. The van der Waals surface area contributed by atoms with Gasteiger partial charge in [-0.05, 0) is 18.2 Å². The molecule has 0 spiro atoms. The lowest BCUT2D eigenvalue weighted by molar-refractivity contribution is 0.209. The molecule has 2 aromatic rings. The van der Waals surface area contributed by atoms with Crippen molar-refractivity contribution in [1.29, 1.82) is 0 Å². The number of carboxylic acid groups (broad SMARTS) is 1. The second-order valence-corrected chi connectivity index (χ2v) is 3.23. The van der Waals surface area contributed by atoms with Crippen molar-refractivity contribution in [2.45, 2.75) is 0 Å². The van der Waals surface area contributed by atoms with Crippen LogP contribution in [0, 0.1) is 0 Å². The standard InChI is InChI=1S/C11H10N4O2/c16-11(17)15-9-5-8(6-12-7-9)14-10-3-1-2-4-13-10/h1-7,15H,(H,13,14)(H,16,17). The van der Waals surface area contributed by atoms with Crippen molar-refractivity contribution < 1.29 is 9.90 Å². The van der Waals surface area contributed by atoms with Gasteiger partial charge < -0.3 is 10.4 Å². The molecule has 3 N–H and O–H groups in total. The molecule has 0 aliphatic heterocycles. The van der Waals surface area contributed by atoms with E-state index in [-0.39, 0.29) is 0 Å². The van der Waals surface area contributed by atoms with Crippen LogP contribution in [0.15, 0.2) is 42.9 Å². The molecule has 6 heteroatoms. The molecule has 2 aromatic heterocycles. The Bertz CT molecular complexity index is 516. The topological polar surface area (TPSA) is 87.1 Å². The summed E-state index contributed by atoms with van der Waals surface area (Å²) in [6.45, 7) is 0. The van der Waals surface area contributed by atoms with Crippen molar-refractivity contribution in [2.24, 2.45) is 0 Å². The van der Waals surface area contributed by atoms with Gasteiger partial charge in [0, 0.05) is 6.20 Å². The number of nitrogens with one attached hydrogen (secondary N) is 2. The fourth-order valence-electron chi connectivity index (χ4n) is 1.28. The van der Waals surface area contributed by atoms with E-state index >= 15 is 0 Å². The Balaban J connectivity index is 2.14. The highest BCUT2D eigenvalue weighted by atomic mass is 16.4. The van der Waals surface area contributed by atoms with Gasteiger partial charge in [0.1, 0.15) is 5.82 Å². The van der Waals surface area contributed by atoms with Gasteiger partial charge in [-0.2, -0.15) is 0 Å². The quantitative estimate of drug-likeness (QED) is 0.753. The molecule has 0 fully saturated rings. The van der Waals surface area contributed by atoms with Crippen LogP contribution in [-0.2, 0) is 0 Å². The number of carbonyl (C=O) groups is 1. The summed E-state index contributed by atoms with van der Waals surface area (Å²) in [5, 5.41) is 13.8. The summed E-state index contributed by atoms with van der Waals surface area (Å²) in [7, 11) is 0. The molecule has 0 saturated heterocycles. The Hall–Kier alpha value is -2.63. The molecule has 0 atom stereocenters. The van der Waals surface area contributed by atoms with Crippen LogP contribution in [0.2, 0.25) is 0 Å². The predicted molar refractivity (Wildman–Crippen MR) is 63.4 cm³/mol. The number of hydrogen-bond acceptors (Lipinski definition) is 4. The molecule has 0 aliphatic rings. The molecule has 0 saturated carbocycles. The van der Waals surface area contributed by atoms with Crippen LogP contribution < -0.4 is 10.6 Å². The molecule has 1 amide bonds. The maximum Gasteiger partial charge on any atom is 0.409 e. The lowest BCUT2D eigenvalue weighted by Crippen LogP contribution is -2.07. The van der Waals surface area contributed by atoms with Crippen LogP contribution in [0.25, 0.3) is 0 Å². The van der Waals surface area contributed by atoms with E-state index in [0.29, 0.717) is 17.2 Å². The molecule has 0 unspecified atom stereocenters. The zero-order valence-corrected chi connectivity index (χ0v) is 8.79. The van der Waals surface area contributed by atoms with Crippen molar-refractivity contribution in [3.63, 3.8) is 0 Å². The number of hydrogen-bond donors (Lipinski definition) is 3. The lowest BCUT2D eigenvalue weighted by Gasteiger charge is -2.06. The normalized spacial score (nSPS) is 9.65. The molecule has 0 aromatic carbocycles. The van der Waals surface area contributed by atoms with E-state index in [2.05, 4.69) is 20.6 Å². The van der Waals surface area contributed by atoms with E-state index in [9.17, 15) is 4.79 Å². The maximum atomic E-state index is 10.5. The zero-order chi connectivity index (χ0) is 12.1. The van der Waals surface area contributed by atoms with Gasteiger partial charge in [-0.15, -0.1) is 0 Å². The first-order valence-corrected chi connectivity index (χ1v) is 4.87. The van der Waals surface area contributed by atoms with Gasteiger partial charge in [-0.3, -0.25) is 10.3 Å². The van der Waals surface area contributed by atoms with Crippen LogP contribution in [-0.4, -0.2) is 21.2 Å². The Labute approximate surface area is 97.3 Å². The average molecular weight is 230 g/mol. The third kappa shape index (κ3) is 3.16. The SMILES string of the molecule is O=C(O)Nc1cncc(Nc2ccccn2)c1. The Morgan fingerprint density at radius 1 is 1.24 bits per heavy atom. The average Bonchev–Trinajstić information content (AvgIpc) is 2.30. The van der Waals surface area contributed by atoms with E-state index in [1.807, 2.05) is 12.1 Å². The summed E-state index contributed by atoms with van der Waals surface area (Å²) < 4.78 is 0. The highest BCUT2D eigenvalue weighted by molar-refractivity contribution is 5.83. The first-order chi connectivity index (χ1) is 8.24. The number of nitrogens with zero attached hydrogens (tertiary/aromatic N) is 2. The molecule has 0 bridgehead atoms. The Morgan fingerprint density at radius 3 is 2.76 bits per heavy atom. The van der Waals surface area contributed by atoms with Gasteiger partial charge in [0.15, 0.2) is 0 Å². The van der Waals surface area contributed by atoms with E-state index in [4.69, 9.17) is 5.11 Å². The first-order valence-electron chi connectivity index (χ1n) is 4.87. The molecule has 86 valence electrons. The second-order valence-electron chi connectivity index (χ2n) is 3.23. The van der Waals surface area contributed by atoms with Gasteiger partial charge in [0.2, 0.25) is 0 Å². The molecule has 0 radical (unpaired) electrons. The largest absolute Gasteiger partial charge is 0.465 e. The lowest BCUT2D eigenvalue weighted by atomic mass is 10.3. The number of anilines is 3. The highest BCUT2D eigenvalue weighted by Gasteiger charge is 2.00. The Kier molecular flexibility index (Phi) is 3.15. The van der Waals surface area contributed by atoms with Crippen molar-refractivity contribution in [3.05, 3.63) is 42.9 Å². The predicted octanol–water partition coefficient (Wildman–Crippen LogP) is 2.31. The maximum absolute atomic E-state index is 10.5. The van der Waals surface area contributed by atoms with Gasteiger partial charge >= 0.3 is 6.09 Å². The van der Waals surface area contributed by atoms with Crippen molar-refractivity contribution in [2.75, 3.05) is 10.6 Å². The molecule has 2 heterocycles. The molecular weight excluding hydrogens is 220 g/mol. The monoisotopic (exact) mass is 230 g/mol. The van der Waals surface area contributed by atoms with Gasteiger partial charge in [0.05, 0.1) is 23.8 Å². The van der Waals surface area contributed by atoms with Crippen LogP contribution in [0.5, 0.6) is 0 Å². The van der Waals surface area contributed by atoms with Crippen molar-refractivity contribution in [3.8, 4) is 0 Å². The number of pyridine rings is 2. The zero-order valence-electron chi connectivity index (χ0n) is 8.79. The van der Waals surface area contributed by atoms with Crippen LogP contribution >= 0.6 is 0 Å². The van der Waals surface area contributed by atoms with Crippen LogP contribution in [0.3, 0.4) is 0 Å². The smallest absolute Gasteiger partial charge is 0.409 e. The summed E-state index contributed by atoms with van der Waals surface area (Å²) in [6.07, 6.45) is 3.55. The minimum absolute atomic E-state index is 0.401. The Morgan fingerprint density at radius 2 is 2.06 bits per heavy atom. The number of rotatable bonds is 3. The van der Waals surface area contributed by atoms with Crippen molar-refractivity contribution >= 4 is 23.3 Å². The number of amides is 1. The number of aromatic nitrogens is 2. The van der Waals surface area contributed by atoms with Crippen LogP contribution in [0.4, 0.5) is 22.0 Å².